The van der Waals surface area contributed by atoms with Gasteiger partial charge >= 0.3 is 0 Å². The van der Waals surface area contributed by atoms with E-state index in [0.717, 1.165) is 24.4 Å². The van der Waals surface area contributed by atoms with E-state index in [1.165, 1.54) is 11.0 Å². The monoisotopic (exact) mass is 654 g/mol. The van der Waals surface area contributed by atoms with E-state index < -0.39 is 23.7 Å². The number of amides is 2. The Morgan fingerprint density at radius 1 is 0.977 bits per heavy atom. The number of hydrogen-bond acceptors (Lipinski definition) is 7. The molecule has 8 nitrogen and oxygen atoms in total. The molecule has 2 heterocycles. The average molecular weight is 656 g/mol. The maximum atomic E-state index is 14.2. The Bertz CT molecular complexity index is 1710. The number of fused-ring (bicyclic) bond motifs is 3. The van der Waals surface area contributed by atoms with Crippen LogP contribution in [0.25, 0.3) is 0 Å². The Labute approximate surface area is 263 Å². The zero-order chi connectivity index (χ0) is 30.7. The Morgan fingerprint density at radius 2 is 1.70 bits per heavy atom. The fourth-order valence-electron chi connectivity index (χ4n) is 7.61. The van der Waals surface area contributed by atoms with Gasteiger partial charge in [-0.2, -0.15) is 0 Å². The van der Waals surface area contributed by atoms with E-state index in [9.17, 15) is 24.3 Å². The molecule has 7 rings (SSSR count). The summed E-state index contributed by atoms with van der Waals surface area (Å²) in [5, 5.41) is 11.4. The number of phenols is 1. The van der Waals surface area contributed by atoms with Crippen molar-refractivity contribution in [2.24, 2.45) is 17.8 Å². The molecule has 0 spiro atoms. The van der Waals surface area contributed by atoms with Gasteiger partial charge in [0.25, 0.3) is 0 Å². The minimum Gasteiger partial charge on any atom is -0.507 e. The molecule has 0 saturated carbocycles. The van der Waals surface area contributed by atoms with Crippen LogP contribution in [-0.2, 0) is 30.3 Å². The van der Waals surface area contributed by atoms with Crippen molar-refractivity contribution in [2.75, 3.05) is 36.1 Å². The van der Waals surface area contributed by atoms with Crippen LogP contribution in [0.5, 0.6) is 5.75 Å². The van der Waals surface area contributed by atoms with E-state index in [1.54, 1.807) is 18.2 Å². The Kier molecular flexibility index (Phi) is 7.25. The number of anilines is 2. The summed E-state index contributed by atoms with van der Waals surface area (Å²) >= 11 is 3.26. The zero-order valence-electron chi connectivity index (χ0n) is 24.0. The minimum absolute atomic E-state index is 0.0394. The van der Waals surface area contributed by atoms with Crippen molar-refractivity contribution in [3.63, 3.8) is 0 Å². The predicted octanol–water partition coefficient (Wildman–Crippen LogP) is 4.92. The smallest absolute Gasteiger partial charge is 0.238 e. The number of ether oxygens (including phenoxy) is 1. The summed E-state index contributed by atoms with van der Waals surface area (Å²) in [6.45, 7) is 6.65. The molecule has 2 aromatic rings. The molecule has 9 heteroatoms. The standard InChI is InChI=1S/C35H31BrN2O6/c1-2-4-19-5-3-6-23(32(19)40)29-22-11-12-24-30(25(22)17-26-31(29)28(39)18-27(36)33(26)41)35(43)38(34(24)42)21-9-7-20(8-10-21)37-13-15-44-16-14-37/h2-3,5-11,18,24-25,29-30,40H,1,4,12-17H2/t24-,25+,29+,30-/m0/s1. The molecule has 0 aromatic heterocycles. The highest BCUT2D eigenvalue weighted by molar-refractivity contribution is 9.12. The lowest BCUT2D eigenvalue weighted by Crippen LogP contribution is -2.39. The van der Waals surface area contributed by atoms with Crippen molar-refractivity contribution in [1.82, 2.24) is 0 Å². The maximum Gasteiger partial charge on any atom is 0.238 e. The fraction of sp³-hybridized carbons (Fsp3) is 0.314. The molecule has 0 radical (unpaired) electrons. The quantitative estimate of drug-likeness (QED) is 0.277. The van der Waals surface area contributed by atoms with Crippen molar-refractivity contribution < 1.29 is 29.0 Å². The van der Waals surface area contributed by atoms with Gasteiger partial charge in [0, 0.05) is 47.5 Å². The first kappa shape index (κ1) is 28.7. The number of para-hydroxylation sites is 1. The first-order valence-electron chi connectivity index (χ1n) is 14.9. The first-order valence-corrected chi connectivity index (χ1v) is 15.7. The second kappa shape index (κ2) is 11.1. The molecule has 2 aliphatic heterocycles. The van der Waals surface area contributed by atoms with E-state index in [-0.39, 0.29) is 40.0 Å². The molecular formula is C35H31BrN2O6. The van der Waals surface area contributed by atoms with Crippen LogP contribution < -0.4 is 9.80 Å². The lowest BCUT2D eigenvalue weighted by Gasteiger charge is -2.42. The highest BCUT2D eigenvalue weighted by atomic mass is 79.9. The van der Waals surface area contributed by atoms with Crippen LogP contribution >= 0.6 is 15.9 Å². The molecule has 1 N–H and O–H groups in total. The van der Waals surface area contributed by atoms with Crippen LogP contribution in [0.3, 0.4) is 0 Å². The molecular weight excluding hydrogens is 624 g/mol. The molecule has 2 fully saturated rings. The summed E-state index contributed by atoms with van der Waals surface area (Å²) < 4.78 is 5.62. The third-order valence-electron chi connectivity index (χ3n) is 9.64. The van der Waals surface area contributed by atoms with E-state index in [4.69, 9.17) is 4.74 Å². The van der Waals surface area contributed by atoms with E-state index in [2.05, 4.69) is 27.4 Å². The third kappa shape index (κ3) is 4.44. The third-order valence-corrected chi connectivity index (χ3v) is 10.2. The topological polar surface area (TPSA) is 104 Å². The number of Topliss-reactive ketones (excluding diaryl/α,β-unsaturated/α-hetero) is 1. The summed E-state index contributed by atoms with van der Waals surface area (Å²) in [6, 6.07) is 12.9. The summed E-state index contributed by atoms with van der Waals surface area (Å²) in [4.78, 5) is 58.6. The maximum absolute atomic E-state index is 14.2. The van der Waals surface area contributed by atoms with Crippen LogP contribution in [0.2, 0.25) is 0 Å². The number of imide groups is 1. The molecule has 3 aliphatic carbocycles. The Balaban J connectivity index is 1.28. The SMILES string of the molecule is C=CCc1cccc([C@H]2C3=CC[C@@H]4C(=O)N(c5ccc(N6CCOCC6)cc5)C(=O)[C@@H]4[C@@H]3CC3=C2C(=O)C=C(Br)C3=O)c1O. The number of hydrogen-bond donors (Lipinski definition) is 1. The van der Waals surface area contributed by atoms with Gasteiger partial charge in [0.05, 0.1) is 35.2 Å². The number of allylic oxidation sites excluding steroid dienone is 7. The summed E-state index contributed by atoms with van der Waals surface area (Å²) in [5.74, 6) is -3.59. The molecule has 5 aliphatic rings. The normalized spacial score (nSPS) is 26.7. The number of rotatable bonds is 5. The van der Waals surface area contributed by atoms with Crippen molar-refractivity contribution in [2.45, 2.75) is 25.2 Å². The van der Waals surface area contributed by atoms with Gasteiger partial charge in [-0.15, -0.1) is 6.58 Å². The minimum atomic E-state index is -0.715. The lowest BCUT2D eigenvalue weighted by atomic mass is 9.59. The first-order chi connectivity index (χ1) is 21.3. The highest BCUT2D eigenvalue weighted by Crippen LogP contribution is 2.56. The van der Waals surface area contributed by atoms with Crippen molar-refractivity contribution >= 4 is 50.7 Å². The van der Waals surface area contributed by atoms with Crippen LogP contribution in [0, 0.1) is 17.8 Å². The molecule has 4 atom stereocenters. The van der Waals surface area contributed by atoms with Gasteiger partial charge in [0.2, 0.25) is 11.8 Å². The molecule has 2 amide bonds. The van der Waals surface area contributed by atoms with Gasteiger partial charge in [-0.3, -0.25) is 24.1 Å². The molecule has 224 valence electrons. The Hall–Kier alpha value is -4.08. The summed E-state index contributed by atoms with van der Waals surface area (Å²) in [7, 11) is 0. The molecule has 0 unspecified atom stereocenters. The van der Waals surface area contributed by atoms with Crippen molar-refractivity contribution in [1.29, 1.82) is 0 Å². The van der Waals surface area contributed by atoms with Gasteiger partial charge in [0.1, 0.15) is 5.75 Å². The number of ketones is 2. The summed E-state index contributed by atoms with van der Waals surface area (Å²) in [5.41, 5.74) is 4.15. The van der Waals surface area contributed by atoms with Gasteiger partial charge in [-0.25, -0.2) is 0 Å². The average Bonchev–Trinajstić information content (AvgIpc) is 3.30. The van der Waals surface area contributed by atoms with Crippen molar-refractivity contribution in [3.8, 4) is 5.75 Å². The Morgan fingerprint density at radius 3 is 2.43 bits per heavy atom. The van der Waals surface area contributed by atoms with Crippen LogP contribution in [-0.4, -0.2) is 54.8 Å². The number of aromatic hydroxyl groups is 1. The lowest BCUT2D eigenvalue weighted by molar-refractivity contribution is -0.123. The highest BCUT2D eigenvalue weighted by Gasteiger charge is 2.57. The summed E-state index contributed by atoms with van der Waals surface area (Å²) in [6.07, 6.45) is 5.87. The molecule has 2 saturated heterocycles. The molecule has 2 aromatic carbocycles. The number of morpholine rings is 1. The second-order valence-corrected chi connectivity index (χ2v) is 12.7. The number of phenolic OH excluding ortho intramolecular Hbond substituents is 1. The number of carbonyl (C=O) groups excluding carboxylic acids is 4. The molecule has 0 bridgehead atoms. The second-order valence-electron chi connectivity index (χ2n) is 11.9. The van der Waals surface area contributed by atoms with Crippen LogP contribution in [0.1, 0.15) is 29.9 Å². The van der Waals surface area contributed by atoms with Crippen LogP contribution in [0.15, 0.2) is 88.5 Å². The number of nitrogens with zero attached hydrogens (tertiary/aromatic N) is 2. The number of carbonyl (C=O) groups is 4. The van der Waals surface area contributed by atoms with Gasteiger partial charge in [0.15, 0.2) is 11.6 Å². The van der Waals surface area contributed by atoms with Gasteiger partial charge in [-0.05, 0) is 70.9 Å². The zero-order valence-corrected chi connectivity index (χ0v) is 25.6. The van der Waals surface area contributed by atoms with Gasteiger partial charge in [-0.1, -0.05) is 35.9 Å². The predicted molar refractivity (Wildman–Crippen MR) is 169 cm³/mol. The molecule has 44 heavy (non-hydrogen) atoms. The van der Waals surface area contributed by atoms with E-state index >= 15 is 0 Å². The number of benzene rings is 2. The van der Waals surface area contributed by atoms with E-state index in [0.29, 0.717) is 54.0 Å². The largest absolute Gasteiger partial charge is 0.507 e. The van der Waals surface area contributed by atoms with E-state index in [1.807, 2.05) is 36.4 Å². The van der Waals surface area contributed by atoms with Crippen molar-refractivity contribution in [3.05, 3.63) is 99.6 Å². The van der Waals surface area contributed by atoms with Gasteiger partial charge < -0.3 is 14.7 Å². The fourth-order valence-corrected chi connectivity index (χ4v) is 8.06. The number of halogens is 1. The van der Waals surface area contributed by atoms with Crippen LogP contribution in [0.4, 0.5) is 11.4 Å².